The van der Waals surface area contributed by atoms with E-state index in [0.717, 1.165) is 19.5 Å². The fourth-order valence-electron chi connectivity index (χ4n) is 2.14. The van der Waals surface area contributed by atoms with Crippen LogP contribution in [0.1, 0.15) is 39.7 Å². The van der Waals surface area contributed by atoms with E-state index in [1.165, 1.54) is 12.1 Å². The van der Waals surface area contributed by atoms with Crippen LogP contribution in [0.2, 0.25) is 0 Å². The molecule has 1 atom stereocenters. The fraction of sp³-hybridized carbons (Fsp3) is 0.625. The summed E-state index contributed by atoms with van der Waals surface area (Å²) in [6.45, 7) is 10.1. The van der Waals surface area contributed by atoms with E-state index in [9.17, 15) is 8.78 Å². The standard InChI is InChI=1S/C16H24BrF2N/c1-5-8-20-10-11(16(2,3)4)9-12-14(18)7-6-13(17)15(12)19/h6-7,11,20H,5,8-10H2,1-4H3. The number of hydrogen-bond acceptors (Lipinski definition) is 1. The Bertz CT molecular complexity index is 441. The van der Waals surface area contributed by atoms with E-state index in [1.54, 1.807) is 0 Å². The van der Waals surface area contributed by atoms with Crippen LogP contribution in [0.25, 0.3) is 0 Å². The highest BCUT2D eigenvalue weighted by Crippen LogP contribution is 2.31. The maximum absolute atomic E-state index is 14.1. The van der Waals surface area contributed by atoms with E-state index in [4.69, 9.17) is 0 Å². The summed E-state index contributed by atoms with van der Waals surface area (Å²) in [7, 11) is 0. The number of nitrogens with one attached hydrogen (secondary N) is 1. The third-order valence-corrected chi connectivity index (χ3v) is 4.24. The van der Waals surface area contributed by atoms with Gasteiger partial charge in [-0.15, -0.1) is 0 Å². The van der Waals surface area contributed by atoms with Gasteiger partial charge >= 0.3 is 0 Å². The van der Waals surface area contributed by atoms with Gasteiger partial charge in [0.25, 0.3) is 0 Å². The van der Waals surface area contributed by atoms with Crippen LogP contribution in [0.5, 0.6) is 0 Å². The Morgan fingerprint density at radius 1 is 1.25 bits per heavy atom. The summed E-state index contributed by atoms with van der Waals surface area (Å²) in [5.74, 6) is -0.766. The minimum atomic E-state index is -0.477. The van der Waals surface area contributed by atoms with Crippen LogP contribution in [0.4, 0.5) is 8.78 Å². The molecule has 0 bridgehead atoms. The Morgan fingerprint density at radius 3 is 2.45 bits per heavy atom. The van der Waals surface area contributed by atoms with Crippen molar-refractivity contribution in [3.63, 3.8) is 0 Å². The second-order valence-electron chi connectivity index (χ2n) is 6.29. The Morgan fingerprint density at radius 2 is 1.90 bits per heavy atom. The van der Waals surface area contributed by atoms with Crippen molar-refractivity contribution in [2.75, 3.05) is 13.1 Å². The fourth-order valence-corrected chi connectivity index (χ4v) is 2.51. The van der Waals surface area contributed by atoms with Crippen molar-refractivity contribution >= 4 is 15.9 Å². The van der Waals surface area contributed by atoms with E-state index >= 15 is 0 Å². The first-order valence-corrected chi connectivity index (χ1v) is 7.89. The van der Waals surface area contributed by atoms with Gasteiger partial charge in [0, 0.05) is 5.56 Å². The largest absolute Gasteiger partial charge is 0.316 e. The van der Waals surface area contributed by atoms with Crippen molar-refractivity contribution < 1.29 is 8.78 Å². The summed E-state index contributed by atoms with van der Waals surface area (Å²) < 4.78 is 28.3. The van der Waals surface area contributed by atoms with Crippen LogP contribution < -0.4 is 5.32 Å². The van der Waals surface area contributed by atoms with Gasteiger partial charge in [0.15, 0.2) is 0 Å². The first-order chi connectivity index (χ1) is 9.27. The monoisotopic (exact) mass is 347 g/mol. The van der Waals surface area contributed by atoms with Gasteiger partial charge in [-0.2, -0.15) is 0 Å². The summed E-state index contributed by atoms with van der Waals surface area (Å²) in [5.41, 5.74) is 0.166. The molecule has 114 valence electrons. The Kier molecular flexibility index (Phi) is 6.59. The lowest BCUT2D eigenvalue weighted by Crippen LogP contribution is -2.34. The van der Waals surface area contributed by atoms with Crippen LogP contribution in [-0.2, 0) is 6.42 Å². The average Bonchev–Trinajstić information content (AvgIpc) is 2.36. The molecule has 0 aliphatic carbocycles. The Labute approximate surface area is 129 Å². The predicted molar refractivity (Wildman–Crippen MR) is 83.9 cm³/mol. The molecule has 1 N–H and O–H groups in total. The second-order valence-corrected chi connectivity index (χ2v) is 7.15. The molecule has 4 heteroatoms. The van der Waals surface area contributed by atoms with E-state index in [2.05, 4.69) is 48.9 Å². The molecular formula is C16H24BrF2N. The van der Waals surface area contributed by atoms with Crippen molar-refractivity contribution in [1.82, 2.24) is 5.32 Å². The maximum Gasteiger partial charge on any atom is 0.143 e. The van der Waals surface area contributed by atoms with E-state index in [-0.39, 0.29) is 16.9 Å². The molecule has 1 aromatic rings. The van der Waals surface area contributed by atoms with E-state index < -0.39 is 11.6 Å². The van der Waals surface area contributed by atoms with Crippen molar-refractivity contribution in [3.05, 3.63) is 33.8 Å². The predicted octanol–water partition coefficient (Wildman–Crippen LogP) is 4.93. The first kappa shape index (κ1) is 17.6. The van der Waals surface area contributed by atoms with Gasteiger partial charge in [-0.3, -0.25) is 0 Å². The quantitative estimate of drug-likeness (QED) is 0.568. The molecule has 0 aliphatic heterocycles. The molecule has 0 fully saturated rings. The molecule has 0 heterocycles. The molecule has 0 saturated heterocycles. The Balaban J connectivity index is 2.92. The highest BCUT2D eigenvalue weighted by Gasteiger charge is 2.27. The van der Waals surface area contributed by atoms with Crippen molar-refractivity contribution in [1.29, 1.82) is 0 Å². The van der Waals surface area contributed by atoms with Gasteiger partial charge in [0.2, 0.25) is 0 Å². The van der Waals surface area contributed by atoms with Gasteiger partial charge in [-0.1, -0.05) is 27.7 Å². The van der Waals surface area contributed by atoms with Gasteiger partial charge in [0.05, 0.1) is 4.47 Å². The molecule has 0 amide bonds. The normalized spacial score (nSPS) is 13.6. The van der Waals surface area contributed by atoms with Gasteiger partial charge < -0.3 is 5.32 Å². The molecule has 0 radical (unpaired) electrons. The molecule has 20 heavy (non-hydrogen) atoms. The zero-order chi connectivity index (χ0) is 15.3. The van der Waals surface area contributed by atoms with Crippen molar-refractivity contribution in [2.45, 2.75) is 40.5 Å². The van der Waals surface area contributed by atoms with Crippen LogP contribution in [-0.4, -0.2) is 13.1 Å². The molecule has 0 saturated carbocycles. The smallest absolute Gasteiger partial charge is 0.143 e. The highest BCUT2D eigenvalue weighted by molar-refractivity contribution is 9.10. The summed E-state index contributed by atoms with van der Waals surface area (Å²) >= 11 is 3.13. The van der Waals surface area contributed by atoms with E-state index in [1.807, 2.05) is 0 Å². The Hall–Kier alpha value is -0.480. The second kappa shape index (κ2) is 7.51. The lowest BCUT2D eigenvalue weighted by molar-refractivity contribution is 0.227. The summed E-state index contributed by atoms with van der Waals surface area (Å²) in [4.78, 5) is 0. The summed E-state index contributed by atoms with van der Waals surface area (Å²) in [6.07, 6.45) is 1.45. The molecule has 0 aliphatic rings. The lowest BCUT2D eigenvalue weighted by Gasteiger charge is -2.31. The minimum Gasteiger partial charge on any atom is -0.316 e. The molecule has 1 nitrogen and oxygen atoms in total. The molecule has 0 spiro atoms. The number of halogens is 3. The summed E-state index contributed by atoms with van der Waals surface area (Å²) in [6, 6.07) is 2.73. The molecule has 1 unspecified atom stereocenters. The third-order valence-electron chi connectivity index (χ3n) is 3.63. The van der Waals surface area contributed by atoms with Crippen LogP contribution in [0.3, 0.4) is 0 Å². The van der Waals surface area contributed by atoms with Crippen LogP contribution in [0, 0.1) is 23.0 Å². The molecular weight excluding hydrogens is 324 g/mol. The van der Waals surface area contributed by atoms with Gasteiger partial charge in [-0.25, -0.2) is 8.78 Å². The third kappa shape index (κ3) is 4.81. The average molecular weight is 348 g/mol. The van der Waals surface area contributed by atoms with E-state index in [0.29, 0.717) is 10.9 Å². The topological polar surface area (TPSA) is 12.0 Å². The molecule has 1 aromatic carbocycles. The number of hydrogen-bond donors (Lipinski definition) is 1. The number of benzene rings is 1. The minimum absolute atomic E-state index is 0.0120. The molecule has 1 rings (SSSR count). The van der Waals surface area contributed by atoms with Crippen LogP contribution in [0.15, 0.2) is 16.6 Å². The van der Waals surface area contributed by atoms with Crippen molar-refractivity contribution in [3.8, 4) is 0 Å². The maximum atomic E-state index is 14.1. The van der Waals surface area contributed by atoms with Gasteiger partial charge in [-0.05, 0) is 65.3 Å². The molecule has 0 aromatic heterocycles. The van der Waals surface area contributed by atoms with Crippen LogP contribution >= 0.6 is 15.9 Å². The SMILES string of the molecule is CCCNCC(Cc1c(F)ccc(Br)c1F)C(C)(C)C. The highest BCUT2D eigenvalue weighted by atomic mass is 79.9. The van der Waals surface area contributed by atoms with Crippen molar-refractivity contribution in [2.24, 2.45) is 11.3 Å². The summed E-state index contributed by atoms with van der Waals surface area (Å²) in [5, 5.41) is 3.36. The zero-order valence-electron chi connectivity index (χ0n) is 12.7. The number of rotatable bonds is 6. The lowest BCUT2D eigenvalue weighted by atomic mass is 9.77. The first-order valence-electron chi connectivity index (χ1n) is 7.10. The zero-order valence-corrected chi connectivity index (χ0v) is 14.3. The van der Waals surface area contributed by atoms with Gasteiger partial charge in [0.1, 0.15) is 11.6 Å².